The van der Waals surface area contributed by atoms with Crippen LogP contribution in [0.15, 0.2) is 78.9 Å². The number of para-hydroxylation sites is 1. The quantitative estimate of drug-likeness (QED) is 0.719. The van der Waals surface area contributed by atoms with E-state index in [4.69, 9.17) is 4.74 Å². The highest BCUT2D eigenvalue weighted by Crippen LogP contribution is 2.20. The second-order valence-corrected chi connectivity index (χ2v) is 10.7. The first-order valence-electron chi connectivity index (χ1n) is 8.14. The Bertz CT molecular complexity index is 796. The van der Waals surface area contributed by atoms with Gasteiger partial charge in [-0.25, -0.2) is 0 Å². The van der Waals surface area contributed by atoms with Crippen LogP contribution < -0.4 is 15.1 Å². The third-order valence-corrected chi connectivity index (χ3v) is 8.03. The summed E-state index contributed by atoms with van der Waals surface area (Å²) in [5.41, 5.74) is 1.03. The molecule has 0 amide bonds. The van der Waals surface area contributed by atoms with E-state index in [0.717, 1.165) is 17.1 Å². The Morgan fingerprint density at radius 2 is 1.33 bits per heavy atom. The number of hydrogen-bond acceptors (Lipinski definition) is 2. The normalized spacial score (nSPS) is 11.3. The van der Waals surface area contributed by atoms with Gasteiger partial charge in [0, 0.05) is 0 Å². The van der Waals surface area contributed by atoms with Crippen LogP contribution in [-0.4, -0.2) is 13.2 Å². The number of benzene rings is 3. The molecular weight excluding hydrogens is 312 g/mol. The van der Waals surface area contributed by atoms with Gasteiger partial charge in [0.25, 0.3) is 0 Å². The molecule has 0 aliphatic heterocycles. The fourth-order valence-corrected chi connectivity index (χ4v) is 5.78. The van der Waals surface area contributed by atoms with E-state index in [1.54, 1.807) is 0 Å². The number of hydrogen-bond donors (Lipinski definition) is 1. The fraction of sp³-hybridized carbons (Fsp3) is 0.143. The van der Waals surface area contributed by atoms with Crippen LogP contribution in [0.2, 0.25) is 13.1 Å². The zero-order valence-electron chi connectivity index (χ0n) is 14.1. The van der Waals surface area contributed by atoms with E-state index in [-0.39, 0.29) is 6.61 Å². The lowest BCUT2D eigenvalue weighted by Crippen LogP contribution is -2.54. The Morgan fingerprint density at radius 1 is 0.750 bits per heavy atom. The van der Waals surface area contributed by atoms with Crippen molar-refractivity contribution in [2.75, 3.05) is 0 Å². The lowest BCUT2D eigenvalue weighted by molar-refractivity contribution is 0.283. The molecule has 0 aliphatic rings. The van der Waals surface area contributed by atoms with Gasteiger partial charge in [-0.3, -0.25) is 0 Å². The maximum atomic E-state index is 9.64. The molecule has 0 heterocycles. The first-order chi connectivity index (χ1) is 11.6. The Morgan fingerprint density at radius 3 is 2.00 bits per heavy atom. The van der Waals surface area contributed by atoms with Gasteiger partial charge in [0.15, 0.2) is 0 Å². The minimum Gasteiger partial charge on any atom is -0.457 e. The Kier molecular flexibility index (Phi) is 4.83. The molecule has 0 saturated heterocycles. The molecule has 3 heteroatoms. The van der Waals surface area contributed by atoms with Crippen molar-refractivity contribution in [3.8, 4) is 11.5 Å². The minimum atomic E-state index is -1.85. The molecule has 0 unspecified atom stereocenters. The van der Waals surface area contributed by atoms with Gasteiger partial charge in [-0.1, -0.05) is 72.9 Å². The molecule has 122 valence electrons. The predicted molar refractivity (Wildman–Crippen MR) is 102 cm³/mol. The summed E-state index contributed by atoms with van der Waals surface area (Å²) in [6, 6.07) is 26.3. The third-order valence-electron chi connectivity index (χ3n) is 4.42. The highest BCUT2D eigenvalue weighted by Gasteiger charge is 2.28. The van der Waals surface area contributed by atoms with Crippen LogP contribution >= 0.6 is 0 Å². The first kappa shape index (κ1) is 16.5. The Balaban J connectivity index is 1.86. The summed E-state index contributed by atoms with van der Waals surface area (Å²) in [5.74, 6) is 1.68. The summed E-state index contributed by atoms with van der Waals surface area (Å²) in [6.07, 6.45) is 0. The summed E-state index contributed by atoms with van der Waals surface area (Å²) < 4.78 is 5.87. The molecular formula is C21H22O2Si. The molecule has 1 N–H and O–H groups in total. The van der Waals surface area contributed by atoms with Gasteiger partial charge < -0.3 is 9.84 Å². The summed E-state index contributed by atoms with van der Waals surface area (Å²) >= 11 is 0. The Labute approximate surface area is 144 Å². The first-order valence-corrected chi connectivity index (χ1v) is 11.1. The predicted octanol–water partition coefficient (Wildman–Crippen LogP) is 3.79. The van der Waals surface area contributed by atoms with Crippen molar-refractivity contribution in [2.45, 2.75) is 19.7 Å². The summed E-state index contributed by atoms with van der Waals surface area (Å²) in [5, 5.41) is 12.2. The average Bonchev–Trinajstić information content (AvgIpc) is 2.63. The van der Waals surface area contributed by atoms with Crippen LogP contribution in [0.4, 0.5) is 0 Å². The van der Waals surface area contributed by atoms with E-state index >= 15 is 0 Å². The van der Waals surface area contributed by atoms with Gasteiger partial charge >= 0.3 is 0 Å². The molecule has 0 aromatic heterocycles. The summed E-state index contributed by atoms with van der Waals surface area (Å²) in [6.45, 7) is 4.71. The van der Waals surface area contributed by atoms with Crippen LogP contribution in [0.5, 0.6) is 11.5 Å². The van der Waals surface area contributed by atoms with Crippen molar-refractivity contribution in [1.82, 2.24) is 0 Å². The lowest BCUT2D eigenvalue weighted by Gasteiger charge is -2.26. The smallest absolute Gasteiger partial charge is 0.127 e. The second-order valence-electron chi connectivity index (χ2n) is 6.38. The highest BCUT2D eigenvalue weighted by atomic mass is 28.3. The molecule has 0 atom stereocenters. The molecule has 0 spiro atoms. The monoisotopic (exact) mass is 334 g/mol. The van der Waals surface area contributed by atoms with E-state index in [1.807, 2.05) is 54.6 Å². The molecule has 24 heavy (non-hydrogen) atoms. The lowest BCUT2D eigenvalue weighted by atomic mass is 10.2. The maximum Gasteiger partial charge on any atom is 0.127 e. The van der Waals surface area contributed by atoms with Gasteiger partial charge in [-0.15, -0.1) is 0 Å². The molecule has 3 aromatic rings. The molecule has 0 aliphatic carbocycles. The van der Waals surface area contributed by atoms with Crippen molar-refractivity contribution in [3.63, 3.8) is 0 Å². The third kappa shape index (κ3) is 3.42. The number of aliphatic hydroxyl groups excluding tert-OH is 1. The molecule has 2 nitrogen and oxygen atoms in total. The summed E-state index contributed by atoms with van der Waals surface area (Å²) in [4.78, 5) is 0. The molecule has 0 saturated carbocycles. The van der Waals surface area contributed by atoms with E-state index in [2.05, 4.69) is 37.4 Å². The van der Waals surface area contributed by atoms with Crippen LogP contribution in [-0.2, 0) is 6.61 Å². The highest BCUT2D eigenvalue weighted by molar-refractivity contribution is 7.00. The zero-order valence-corrected chi connectivity index (χ0v) is 15.1. The van der Waals surface area contributed by atoms with Crippen LogP contribution in [0.25, 0.3) is 0 Å². The van der Waals surface area contributed by atoms with Gasteiger partial charge in [0.2, 0.25) is 0 Å². The van der Waals surface area contributed by atoms with Crippen molar-refractivity contribution >= 4 is 18.4 Å². The van der Waals surface area contributed by atoms with Gasteiger partial charge in [-0.2, -0.15) is 0 Å². The zero-order chi connectivity index (χ0) is 17.0. The standard InChI is InChI=1S/C21H22O2Si/c1-24(2,21-11-7-6-8-17(21)16-22)20-14-12-19(13-15-20)23-18-9-4-3-5-10-18/h3-15,22H,16H2,1-2H3. The molecule has 3 rings (SSSR count). The van der Waals surface area contributed by atoms with Gasteiger partial charge in [0.05, 0.1) is 6.61 Å². The molecule has 3 aromatic carbocycles. The second kappa shape index (κ2) is 7.03. The maximum absolute atomic E-state index is 9.64. The molecule has 0 fully saturated rings. The van der Waals surface area contributed by atoms with Crippen LogP contribution in [0, 0.1) is 0 Å². The van der Waals surface area contributed by atoms with E-state index in [1.165, 1.54) is 10.4 Å². The van der Waals surface area contributed by atoms with E-state index < -0.39 is 8.07 Å². The molecule has 0 radical (unpaired) electrons. The topological polar surface area (TPSA) is 29.5 Å². The minimum absolute atomic E-state index is 0.0851. The van der Waals surface area contributed by atoms with Crippen molar-refractivity contribution in [1.29, 1.82) is 0 Å². The molecule has 0 bridgehead atoms. The van der Waals surface area contributed by atoms with Gasteiger partial charge in [-0.05, 0) is 35.0 Å². The SMILES string of the molecule is C[Si](C)(c1ccc(Oc2ccccc2)cc1)c1ccccc1CO. The Hall–Kier alpha value is -2.36. The fourth-order valence-electron chi connectivity index (χ4n) is 2.99. The van der Waals surface area contributed by atoms with Gasteiger partial charge in [0.1, 0.15) is 19.6 Å². The van der Waals surface area contributed by atoms with Crippen molar-refractivity contribution < 1.29 is 9.84 Å². The largest absolute Gasteiger partial charge is 0.457 e. The number of ether oxygens (including phenoxy) is 1. The summed E-state index contributed by atoms with van der Waals surface area (Å²) in [7, 11) is -1.85. The van der Waals surface area contributed by atoms with Crippen molar-refractivity contribution in [3.05, 3.63) is 84.4 Å². The average molecular weight is 334 g/mol. The van der Waals surface area contributed by atoms with E-state index in [0.29, 0.717) is 0 Å². The van der Waals surface area contributed by atoms with Crippen LogP contribution in [0.3, 0.4) is 0 Å². The number of rotatable bonds is 5. The van der Waals surface area contributed by atoms with E-state index in [9.17, 15) is 5.11 Å². The number of aliphatic hydroxyl groups is 1. The van der Waals surface area contributed by atoms with Crippen LogP contribution in [0.1, 0.15) is 5.56 Å². The van der Waals surface area contributed by atoms with Crippen molar-refractivity contribution in [2.24, 2.45) is 0 Å².